The highest BCUT2D eigenvalue weighted by Crippen LogP contribution is 2.07. The Hall–Kier alpha value is -2.05. The van der Waals surface area contributed by atoms with Crippen LogP contribution in [0.1, 0.15) is 27.2 Å². The molecule has 0 aromatic carbocycles. The zero-order valence-electron chi connectivity index (χ0n) is 12.4. The monoisotopic (exact) mass is 282 g/mol. The molecule has 1 aromatic rings. The predicted octanol–water partition coefficient (Wildman–Crippen LogP) is 1.81. The minimum absolute atomic E-state index is 0.407. The second-order valence-electron chi connectivity index (χ2n) is 5.13. The minimum Gasteiger partial charge on any atom is -0.481 e. The molecular weight excluding hydrogens is 260 g/mol. The van der Waals surface area contributed by atoms with Crippen LogP contribution in [0.4, 0.5) is 10.7 Å². The van der Waals surface area contributed by atoms with Crippen molar-refractivity contribution in [2.45, 2.75) is 32.8 Å². The Balaban J connectivity index is 2.17. The molecule has 0 spiro atoms. The Kier molecular flexibility index (Phi) is 6.02. The Morgan fingerprint density at radius 3 is 2.75 bits per heavy atom. The average molecular weight is 282 g/mol. The molecule has 2 N–H and O–H groups in total. The smallest absolute Gasteiger partial charge is 0.407 e. The van der Waals surface area contributed by atoms with E-state index in [4.69, 9.17) is 9.47 Å². The van der Waals surface area contributed by atoms with Crippen LogP contribution >= 0.6 is 0 Å². The number of alkyl carbamates (subject to hydrolysis) is 1. The first kappa shape index (κ1) is 16.0. The largest absolute Gasteiger partial charge is 0.481 e. The highest BCUT2D eigenvalue weighted by molar-refractivity contribution is 5.67. The molecule has 1 aromatic heterocycles. The summed E-state index contributed by atoms with van der Waals surface area (Å²) in [5.74, 6) is 1.01. The number of nitrogens with zero attached hydrogens (tertiary/aromatic N) is 2. The quantitative estimate of drug-likeness (QED) is 0.774. The lowest BCUT2D eigenvalue weighted by molar-refractivity contribution is 0.0528. The standard InChI is InChI=1S/C13H22N4O3/c1-13(2,3)20-12(18)16-8-5-7-14-11-15-9-6-10(17-11)19-4/h6,9H,5,7-8H2,1-4H3,(H,16,18)(H,14,15,17). The highest BCUT2D eigenvalue weighted by atomic mass is 16.6. The Morgan fingerprint density at radius 1 is 1.35 bits per heavy atom. The van der Waals surface area contributed by atoms with Crippen LogP contribution < -0.4 is 15.4 Å². The van der Waals surface area contributed by atoms with Crippen LogP contribution in [0, 0.1) is 0 Å². The predicted molar refractivity (Wildman–Crippen MR) is 75.9 cm³/mol. The van der Waals surface area contributed by atoms with Crippen LogP contribution in [0.15, 0.2) is 12.3 Å². The molecule has 1 heterocycles. The maximum absolute atomic E-state index is 11.4. The Morgan fingerprint density at radius 2 is 2.10 bits per heavy atom. The number of methoxy groups -OCH3 is 1. The van der Waals surface area contributed by atoms with E-state index in [9.17, 15) is 4.79 Å². The molecule has 7 nitrogen and oxygen atoms in total. The molecule has 112 valence electrons. The third-order valence-electron chi connectivity index (χ3n) is 2.14. The fourth-order valence-corrected chi connectivity index (χ4v) is 1.33. The number of ether oxygens (including phenoxy) is 2. The number of rotatable bonds is 6. The topological polar surface area (TPSA) is 85.4 Å². The molecule has 0 radical (unpaired) electrons. The number of carbonyl (C=O) groups is 1. The summed E-state index contributed by atoms with van der Waals surface area (Å²) in [6.45, 7) is 6.64. The van der Waals surface area contributed by atoms with E-state index < -0.39 is 11.7 Å². The van der Waals surface area contributed by atoms with Crippen LogP contribution in [0.25, 0.3) is 0 Å². The number of aromatic nitrogens is 2. The molecule has 0 bridgehead atoms. The van der Waals surface area contributed by atoms with Crippen molar-refractivity contribution in [3.63, 3.8) is 0 Å². The highest BCUT2D eigenvalue weighted by Gasteiger charge is 2.15. The molecule has 1 amide bonds. The maximum Gasteiger partial charge on any atom is 0.407 e. The molecular formula is C13H22N4O3. The first-order valence-corrected chi connectivity index (χ1v) is 6.48. The van der Waals surface area contributed by atoms with Gasteiger partial charge in [0.1, 0.15) is 5.60 Å². The maximum atomic E-state index is 11.4. The van der Waals surface area contributed by atoms with Gasteiger partial charge in [-0.25, -0.2) is 9.78 Å². The van der Waals surface area contributed by atoms with Crippen LogP contribution in [0.2, 0.25) is 0 Å². The molecule has 0 atom stereocenters. The summed E-state index contributed by atoms with van der Waals surface area (Å²) in [6, 6.07) is 1.68. The molecule has 0 saturated carbocycles. The van der Waals surface area contributed by atoms with Gasteiger partial charge in [-0.1, -0.05) is 0 Å². The van der Waals surface area contributed by atoms with Crippen molar-refractivity contribution < 1.29 is 14.3 Å². The third kappa shape index (κ3) is 6.77. The first-order chi connectivity index (χ1) is 9.40. The zero-order chi connectivity index (χ0) is 15.0. The minimum atomic E-state index is -0.475. The van der Waals surface area contributed by atoms with Gasteiger partial charge in [-0.15, -0.1) is 0 Å². The first-order valence-electron chi connectivity index (χ1n) is 6.48. The van der Waals surface area contributed by atoms with Gasteiger partial charge in [0.05, 0.1) is 7.11 Å². The van der Waals surface area contributed by atoms with Crippen molar-refractivity contribution in [3.8, 4) is 5.88 Å². The number of hydrogen-bond acceptors (Lipinski definition) is 6. The van der Waals surface area contributed by atoms with E-state index in [0.29, 0.717) is 24.9 Å². The van der Waals surface area contributed by atoms with Crippen molar-refractivity contribution in [1.82, 2.24) is 15.3 Å². The molecule has 1 rings (SSSR count). The summed E-state index contributed by atoms with van der Waals surface area (Å²) in [4.78, 5) is 19.6. The van der Waals surface area contributed by atoms with Crippen molar-refractivity contribution in [1.29, 1.82) is 0 Å². The number of nitrogens with one attached hydrogen (secondary N) is 2. The summed E-state index contributed by atoms with van der Waals surface area (Å²) < 4.78 is 10.1. The molecule has 0 unspecified atom stereocenters. The van der Waals surface area contributed by atoms with Gasteiger partial charge in [0, 0.05) is 25.4 Å². The fraction of sp³-hybridized carbons (Fsp3) is 0.615. The number of amides is 1. The van der Waals surface area contributed by atoms with E-state index in [1.807, 2.05) is 20.8 Å². The molecule has 0 saturated heterocycles. The van der Waals surface area contributed by atoms with Gasteiger partial charge >= 0.3 is 6.09 Å². The van der Waals surface area contributed by atoms with Gasteiger partial charge in [0.2, 0.25) is 11.8 Å². The van der Waals surface area contributed by atoms with Crippen molar-refractivity contribution in [2.75, 3.05) is 25.5 Å². The SMILES string of the molecule is COc1ccnc(NCCCNC(=O)OC(C)(C)C)n1. The Bertz CT molecular complexity index is 432. The van der Waals surface area contributed by atoms with Gasteiger partial charge in [-0.05, 0) is 27.2 Å². The van der Waals surface area contributed by atoms with Crippen LogP contribution in [-0.4, -0.2) is 41.9 Å². The summed E-state index contributed by atoms with van der Waals surface area (Å²) in [5.41, 5.74) is -0.475. The summed E-state index contributed by atoms with van der Waals surface area (Å²) in [7, 11) is 1.55. The van der Waals surface area contributed by atoms with Crippen molar-refractivity contribution in [3.05, 3.63) is 12.3 Å². The molecule has 7 heteroatoms. The van der Waals surface area contributed by atoms with Crippen LogP contribution in [0.5, 0.6) is 5.88 Å². The number of anilines is 1. The van der Waals surface area contributed by atoms with E-state index >= 15 is 0 Å². The molecule has 0 aliphatic heterocycles. The zero-order valence-corrected chi connectivity index (χ0v) is 12.4. The van der Waals surface area contributed by atoms with E-state index in [1.165, 1.54) is 0 Å². The van der Waals surface area contributed by atoms with Gasteiger partial charge < -0.3 is 20.1 Å². The lowest BCUT2D eigenvalue weighted by atomic mass is 10.2. The second kappa shape index (κ2) is 7.52. The van der Waals surface area contributed by atoms with Crippen LogP contribution in [-0.2, 0) is 4.74 Å². The van der Waals surface area contributed by atoms with E-state index in [-0.39, 0.29) is 0 Å². The van der Waals surface area contributed by atoms with E-state index in [1.54, 1.807) is 19.4 Å². The third-order valence-corrected chi connectivity index (χ3v) is 2.14. The van der Waals surface area contributed by atoms with Crippen molar-refractivity contribution >= 4 is 12.0 Å². The fourth-order valence-electron chi connectivity index (χ4n) is 1.33. The normalized spacial score (nSPS) is 10.8. The van der Waals surface area contributed by atoms with Gasteiger partial charge in [-0.3, -0.25) is 0 Å². The van der Waals surface area contributed by atoms with Gasteiger partial charge in [0.15, 0.2) is 0 Å². The Labute approximate surface area is 119 Å². The van der Waals surface area contributed by atoms with E-state index in [0.717, 1.165) is 6.42 Å². The average Bonchev–Trinajstić information content (AvgIpc) is 2.36. The molecule has 20 heavy (non-hydrogen) atoms. The van der Waals surface area contributed by atoms with E-state index in [2.05, 4.69) is 20.6 Å². The number of hydrogen-bond donors (Lipinski definition) is 2. The number of carbonyl (C=O) groups excluding carboxylic acids is 1. The van der Waals surface area contributed by atoms with Gasteiger partial charge in [0.25, 0.3) is 0 Å². The summed E-state index contributed by atoms with van der Waals surface area (Å²) in [5, 5.41) is 5.73. The van der Waals surface area contributed by atoms with Gasteiger partial charge in [-0.2, -0.15) is 4.98 Å². The second-order valence-corrected chi connectivity index (χ2v) is 5.13. The molecule has 0 aliphatic carbocycles. The molecule has 0 aliphatic rings. The van der Waals surface area contributed by atoms with Crippen molar-refractivity contribution in [2.24, 2.45) is 0 Å². The van der Waals surface area contributed by atoms with Crippen LogP contribution in [0.3, 0.4) is 0 Å². The molecule has 0 fully saturated rings. The summed E-state index contributed by atoms with van der Waals surface area (Å²) in [6.07, 6.45) is 1.95. The lowest BCUT2D eigenvalue weighted by Crippen LogP contribution is -2.33. The summed E-state index contributed by atoms with van der Waals surface area (Å²) >= 11 is 0. The lowest BCUT2D eigenvalue weighted by Gasteiger charge is -2.19.